The third kappa shape index (κ3) is 1.99. The van der Waals surface area contributed by atoms with Gasteiger partial charge >= 0.3 is 0 Å². The summed E-state index contributed by atoms with van der Waals surface area (Å²) in [4.78, 5) is 4.12. The Morgan fingerprint density at radius 2 is 2.12 bits per heavy atom. The number of hydrogen-bond donors (Lipinski definition) is 1. The van der Waals surface area contributed by atoms with E-state index in [0.29, 0.717) is 5.56 Å². The molecule has 4 heteroatoms. The van der Waals surface area contributed by atoms with Gasteiger partial charge in [0.1, 0.15) is 5.82 Å². The van der Waals surface area contributed by atoms with Crippen molar-refractivity contribution in [1.29, 1.82) is 0 Å². The molecule has 0 aliphatic rings. The van der Waals surface area contributed by atoms with Crippen LogP contribution in [0.2, 0.25) is 0 Å². The third-order valence-electron chi connectivity index (χ3n) is 2.56. The minimum absolute atomic E-state index is 0.252. The number of nitrogens with two attached hydrogens (primary N) is 1. The monoisotopic (exact) mass is 236 g/mol. The minimum Gasteiger partial charge on any atom is -0.319 e. The first-order valence-electron chi connectivity index (χ1n) is 5.00. The van der Waals surface area contributed by atoms with Gasteiger partial charge in [-0.15, -0.1) is 11.3 Å². The van der Waals surface area contributed by atoms with Gasteiger partial charge in [0.05, 0.1) is 17.2 Å². The zero-order valence-electron chi connectivity index (χ0n) is 9.20. The molecule has 1 aromatic heterocycles. The van der Waals surface area contributed by atoms with Crippen molar-refractivity contribution in [3.8, 4) is 0 Å². The van der Waals surface area contributed by atoms with Gasteiger partial charge in [0.2, 0.25) is 0 Å². The second-order valence-electron chi connectivity index (χ2n) is 3.87. The summed E-state index contributed by atoms with van der Waals surface area (Å²) in [6.45, 7) is 3.74. The molecule has 0 aliphatic heterocycles. The van der Waals surface area contributed by atoms with Crippen molar-refractivity contribution >= 4 is 11.3 Å². The zero-order chi connectivity index (χ0) is 11.7. The van der Waals surface area contributed by atoms with Crippen molar-refractivity contribution in [3.63, 3.8) is 0 Å². The lowest BCUT2D eigenvalue weighted by Gasteiger charge is -2.14. The van der Waals surface area contributed by atoms with Gasteiger partial charge in [0.25, 0.3) is 0 Å². The van der Waals surface area contributed by atoms with Crippen LogP contribution in [0.4, 0.5) is 4.39 Å². The van der Waals surface area contributed by atoms with Crippen LogP contribution in [0.3, 0.4) is 0 Å². The summed E-state index contributed by atoms with van der Waals surface area (Å²) in [5.74, 6) is -0.252. The molecule has 0 spiro atoms. The smallest absolute Gasteiger partial charge is 0.128 e. The van der Waals surface area contributed by atoms with E-state index < -0.39 is 6.04 Å². The Morgan fingerprint density at radius 3 is 2.69 bits per heavy atom. The first-order chi connectivity index (χ1) is 7.59. The number of nitrogens with zero attached hydrogens (tertiary/aromatic N) is 1. The summed E-state index contributed by atoms with van der Waals surface area (Å²) in [6.07, 6.45) is 0. The van der Waals surface area contributed by atoms with Crippen molar-refractivity contribution < 1.29 is 4.39 Å². The topological polar surface area (TPSA) is 38.9 Å². The van der Waals surface area contributed by atoms with Crippen LogP contribution in [0.5, 0.6) is 0 Å². The largest absolute Gasteiger partial charge is 0.319 e. The number of halogens is 1. The van der Waals surface area contributed by atoms with Crippen molar-refractivity contribution in [2.24, 2.45) is 5.73 Å². The molecule has 1 heterocycles. The summed E-state index contributed by atoms with van der Waals surface area (Å²) in [5, 5.41) is 1.85. The van der Waals surface area contributed by atoms with Crippen LogP contribution < -0.4 is 5.73 Å². The van der Waals surface area contributed by atoms with Gasteiger partial charge in [-0.25, -0.2) is 9.37 Å². The SMILES string of the molecule is Cc1cc(C)c(C(N)c2cscn2)c(F)c1. The van der Waals surface area contributed by atoms with Gasteiger partial charge in [0.15, 0.2) is 0 Å². The van der Waals surface area contributed by atoms with E-state index in [0.717, 1.165) is 16.8 Å². The number of aryl methyl sites for hydroxylation is 2. The highest BCUT2D eigenvalue weighted by Crippen LogP contribution is 2.26. The molecule has 2 N–H and O–H groups in total. The number of thiazole rings is 1. The summed E-state index contributed by atoms with van der Waals surface area (Å²) >= 11 is 1.46. The summed E-state index contributed by atoms with van der Waals surface area (Å²) in [6, 6.07) is 2.96. The highest BCUT2D eigenvalue weighted by Gasteiger charge is 2.17. The highest BCUT2D eigenvalue weighted by molar-refractivity contribution is 7.07. The fourth-order valence-corrected chi connectivity index (χ4v) is 2.43. The fourth-order valence-electron chi connectivity index (χ4n) is 1.84. The molecule has 2 rings (SSSR count). The van der Waals surface area contributed by atoms with Crippen LogP contribution in [-0.4, -0.2) is 4.98 Å². The van der Waals surface area contributed by atoms with Gasteiger partial charge in [0, 0.05) is 10.9 Å². The molecule has 0 aliphatic carbocycles. The molecule has 1 atom stereocenters. The lowest BCUT2D eigenvalue weighted by Crippen LogP contribution is -2.15. The van der Waals surface area contributed by atoms with E-state index in [1.165, 1.54) is 17.4 Å². The van der Waals surface area contributed by atoms with Crippen molar-refractivity contribution in [2.75, 3.05) is 0 Å². The first-order valence-corrected chi connectivity index (χ1v) is 5.94. The van der Waals surface area contributed by atoms with E-state index in [1.54, 1.807) is 5.51 Å². The number of rotatable bonds is 2. The summed E-state index contributed by atoms with van der Waals surface area (Å²) in [5.41, 5.74) is 10.8. The average Bonchev–Trinajstić information content (AvgIpc) is 2.67. The Hall–Kier alpha value is -1.26. The fraction of sp³-hybridized carbons (Fsp3) is 0.250. The quantitative estimate of drug-likeness (QED) is 0.870. The van der Waals surface area contributed by atoms with E-state index in [9.17, 15) is 4.39 Å². The average molecular weight is 236 g/mol. The Labute approximate surface area is 97.9 Å². The van der Waals surface area contributed by atoms with Crippen LogP contribution in [0.15, 0.2) is 23.0 Å². The normalized spacial score (nSPS) is 12.8. The molecule has 2 nitrogen and oxygen atoms in total. The molecular formula is C12H13FN2S. The van der Waals surface area contributed by atoms with Crippen LogP contribution in [0, 0.1) is 19.7 Å². The van der Waals surface area contributed by atoms with Gasteiger partial charge in [-0.2, -0.15) is 0 Å². The van der Waals surface area contributed by atoms with Crippen LogP contribution in [-0.2, 0) is 0 Å². The van der Waals surface area contributed by atoms with Gasteiger partial charge < -0.3 is 5.73 Å². The molecule has 2 aromatic rings. The summed E-state index contributed by atoms with van der Waals surface area (Å²) < 4.78 is 13.8. The maximum absolute atomic E-state index is 13.8. The number of benzene rings is 1. The number of aromatic nitrogens is 1. The van der Waals surface area contributed by atoms with Crippen molar-refractivity contribution in [3.05, 3.63) is 51.2 Å². The lowest BCUT2D eigenvalue weighted by atomic mass is 9.97. The van der Waals surface area contributed by atoms with E-state index >= 15 is 0 Å². The highest BCUT2D eigenvalue weighted by atomic mass is 32.1. The molecule has 0 amide bonds. The molecule has 84 valence electrons. The molecule has 0 saturated heterocycles. The van der Waals surface area contributed by atoms with Crippen LogP contribution >= 0.6 is 11.3 Å². The predicted molar refractivity (Wildman–Crippen MR) is 64.0 cm³/mol. The molecule has 16 heavy (non-hydrogen) atoms. The second-order valence-corrected chi connectivity index (χ2v) is 4.59. The van der Waals surface area contributed by atoms with E-state index in [1.807, 2.05) is 25.3 Å². The van der Waals surface area contributed by atoms with Gasteiger partial charge in [-0.05, 0) is 31.0 Å². The van der Waals surface area contributed by atoms with Crippen LogP contribution in [0.25, 0.3) is 0 Å². The van der Waals surface area contributed by atoms with Gasteiger partial charge in [-0.3, -0.25) is 0 Å². The summed E-state index contributed by atoms with van der Waals surface area (Å²) in [7, 11) is 0. The molecule has 1 aromatic carbocycles. The molecule has 1 unspecified atom stereocenters. The molecule has 0 bridgehead atoms. The van der Waals surface area contributed by atoms with Crippen molar-refractivity contribution in [1.82, 2.24) is 4.98 Å². The minimum atomic E-state index is -0.480. The Morgan fingerprint density at radius 1 is 1.38 bits per heavy atom. The molecular weight excluding hydrogens is 223 g/mol. The molecule has 0 fully saturated rings. The second kappa shape index (κ2) is 4.31. The zero-order valence-corrected chi connectivity index (χ0v) is 10.0. The maximum atomic E-state index is 13.8. The lowest BCUT2D eigenvalue weighted by molar-refractivity contribution is 0.594. The Balaban J connectivity index is 2.48. The first kappa shape index (κ1) is 11.2. The molecule has 0 radical (unpaired) electrons. The van der Waals surface area contributed by atoms with E-state index in [4.69, 9.17) is 5.73 Å². The van der Waals surface area contributed by atoms with Crippen molar-refractivity contribution in [2.45, 2.75) is 19.9 Å². The molecule has 0 saturated carbocycles. The third-order valence-corrected chi connectivity index (χ3v) is 3.17. The van der Waals surface area contributed by atoms with Gasteiger partial charge in [-0.1, -0.05) is 6.07 Å². The van der Waals surface area contributed by atoms with Crippen LogP contribution in [0.1, 0.15) is 28.4 Å². The Bertz CT molecular complexity index is 471. The Kier molecular flexibility index (Phi) is 3.03. The van der Waals surface area contributed by atoms with E-state index in [-0.39, 0.29) is 5.82 Å². The predicted octanol–water partition coefficient (Wildman–Crippen LogP) is 2.95. The maximum Gasteiger partial charge on any atom is 0.128 e. The standard InChI is InChI=1S/C12H13FN2S/c1-7-3-8(2)11(9(13)4-7)12(14)10-5-16-6-15-10/h3-6,12H,14H2,1-2H3. The van der Waals surface area contributed by atoms with E-state index in [2.05, 4.69) is 4.98 Å². The number of hydrogen-bond acceptors (Lipinski definition) is 3.